The molecule has 1 saturated heterocycles. The highest BCUT2D eigenvalue weighted by molar-refractivity contribution is 9.09. The van der Waals surface area contributed by atoms with Gasteiger partial charge in [0.05, 0.1) is 5.54 Å². The van der Waals surface area contributed by atoms with Gasteiger partial charge in [0.2, 0.25) is 0 Å². The van der Waals surface area contributed by atoms with E-state index in [2.05, 4.69) is 26.0 Å². The lowest BCUT2D eigenvalue weighted by Crippen LogP contribution is -2.41. The second-order valence-electron chi connectivity index (χ2n) is 2.40. The number of halogens is 1. The van der Waals surface area contributed by atoms with Crippen LogP contribution in [0.1, 0.15) is 6.92 Å². The fourth-order valence-electron chi connectivity index (χ4n) is 0.615. The Kier molecular flexibility index (Phi) is 1.66. The highest BCUT2D eigenvalue weighted by Crippen LogP contribution is 2.13. The van der Waals surface area contributed by atoms with Crippen LogP contribution >= 0.6 is 15.9 Å². The van der Waals surface area contributed by atoms with Gasteiger partial charge in [0.25, 0.3) is 0 Å². The Morgan fingerprint density at radius 2 is 2.67 bits per heavy atom. The molecule has 0 aliphatic carbocycles. The fourth-order valence-corrected chi connectivity index (χ4v) is 0.917. The summed E-state index contributed by atoms with van der Waals surface area (Å²) in [5.41, 5.74) is -0.197. The van der Waals surface area contributed by atoms with Crippen molar-refractivity contribution in [3.8, 4) is 0 Å². The summed E-state index contributed by atoms with van der Waals surface area (Å²) in [6.07, 6.45) is -0.322. The summed E-state index contributed by atoms with van der Waals surface area (Å²) in [7, 11) is 0. The third kappa shape index (κ3) is 1.36. The maximum Gasteiger partial charge on any atom is 0.407 e. The molecule has 1 heterocycles. The zero-order valence-corrected chi connectivity index (χ0v) is 6.69. The van der Waals surface area contributed by atoms with E-state index in [1.54, 1.807) is 0 Å². The molecule has 0 bridgehead atoms. The van der Waals surface area contributed by atoms with Crippen molar-refractivity contribution < 1.29 is 9.53 Å². The molecule has 4 heteroatoms. The monoisotopic (exact) mass is 193 g/mol. The van der Waals surface area contributed by atoms with Crippen molar-refractivity contribution in [1.82, 2.24) is 5.32 Å². The van der Waals surface area contributed by atoms with Gasteiger partial charge in [-0.1, -0.05) is 15.9 Å². The van der Waals surface area contributed by atoms with Gasteiger partial charge < -0.3 is 10.1 Å². The Labute approximate surface area is 61.9 Å². The third-order valence-electron chi connectivity index (χ3n) is 1.22. The van der Waals surface area contributed by atoms with Gasteiger partial charge in [-0.2, -0.15) is 0 Å². The van der Waals surface area contributed by atoms with Gasteiger partial charge in [0.1, 0.15) is 6.61 Å². The summed E-state index contributed by atoms with van der Waals surface area (Å²) >= 11 is 3.27. The molecular formula is C5H8BrNO2. The zero-order chi connectivity index (χ0) is 6.91. The van der Waals surface area contributed by atoms with Gasteiger partial charge >= 0.3 is 6.09 Å². The maximum atomic E-state index is 10.5. The van der Waals surface area contributed by atoms with Gasteiger partial charge in [-0.15, -0.1) is 0 Å². The van der Waals surface area contributed by atoms with Crippen molar-refractivity contribution in [3.05, 3.63) is 0 Å². The van der Waals surface area contributed by atoms with E-state index in [1.165, 1.54) is 0 Å². The van der Waals surface area contributed by atoms with Crippen molar-refractivity contribution in [2.75, 3.05) is 11.9 Å². The molecule has 0 aromatic carbocycles. The largest absolute Gasteiger partial charge is 0.447 e. The van der Waals surface area contributed by atoms with Gasteiger partial charge in [-0.3, -0.25) is 0 Å². The number of cyclic esters (lactones) is 1. The minimum absolute atomic E-state index is 0.197. The summed E-state index contributed by atoms with van der Waals surface area (Å²) in [6.45, 7) is 2.38. The number of hydrogen-bond donors (Lipinski definition) is 1. The van der Waals surface area contributed by atoms with E-state index in [4.69, 9.17) is 0 Å². The van der Waals surface area contributed by atoms with Gasteiger partial charge in [0, 0.05) is 5.33 Å². The van der Waals surface area contributed by atoms with Crippen LogP contribution in [0.25, 0.3) is 0 Å². The van der Waals surface area contributed by atoms with E-state index in [0.717, 1.165) is 5.33 Å². The smallest absolute Gasteiger partial charge is 0.407 e. The van der Waals surface area contributed by atoms with E-state index in [9.17, 15) is 4.79 Å². The Balaban J connectivity index is 2.54. The molecule has 9 heavy (non-hydrogen) atoms. The molecule has 0 aromatic heterocycles. The lowest BCUT2D eigenvalue weighted by molar-refractivity contribution is 0.174. The highest BCUT2D eigenvalue weighted by atomic mass is 79.9. The summed E-state index contributed by atoms with van der Waals surface area (Å²) in [5.74, 6) is 0. The third-order valence-corrected chi connectivity index (χ3v) is 2.46. The molecule has 1 fully saturated rings. The number of carbonyl (C=O) groups is 1. The van der Waals surface area contributed by atoms with E-state index >= 15 is 0 Å². The van der Waals surface area contributed by atoms with Crippen LogP contribution in [0.4, 0.5) is 4.79 Å². The Morgan fingerprint density at radius 3 is 2.89 bits per heavy atom. The molecule has 52 valence electrons. The van der Waals surface area contributed by atoms with Crippen LogP contribution < -0.4 is 5.32 Å². The summed E-state index contributed by atoms with van der Waals surface area (Å²) in [4.78, 5) is 10.5. The standard InChI is InChI=1S/C5H8BrNO2/c1-5(2-6)3-9-4(8)7-5/h2-3H2,1H3,(H,7,8)/t5-/m1/s1. The van der Waals surface area contributed by atoms with E-state index in [1.807, 2.05) is 6.92 Å². The molecule has 0 unspecified atom stereocenters. The van der Waals surface area contributed by atoms with E-state index < -0.39 is 0 Å². The number of carbonyl (C=O) groups excluding carboxylic acids is 1. The second-order valence-corrected chi connectivity index (χ2v) is 2.96. The van der Waals surface area contributed by atoms with Gasteiger partial charge in [0.15, 0.2) is 0 Å². The lowest BCUT2D eigenvalue weighted by Gasteiger charge is -2.15. The first kappa shape index (κ1) is 6.86. The van der Waals surface area contributed by atoms with E-state index in [-0.39, 0.29) is 11.6 Å². The average molecular weight is 194 g/mol. The maximum absolute atomic E-state index is 10.5. The number of ether oxygens (including phenoxy) is 1. The Bertz CT molecular complexity index is 139. The van der Waals surface area contributed by atoms with Crippen LogP contribution in [0.5, 0.6) is 0 Å². The molecule has 1 N–H and O–H groups in total. The van der Waals surface area contributed by atoms with Crippen molar-refractivity contribution >= 4 is 22.0 Å². The minimum atomic E-state index is -0.322. The topological polar surface area (TPSA) is 38.3 Å². The molecule has 1 aliphatic heterocycles. The first-order chi connectivity index (χ1) is 4.16. The fraction of sp³-hybridized carbons (Fsp3) is 0.800. The number of amides is 1. The van der Waals surface area contributed by atoms with E-state index in [0.29, 0.717) is 6.61 Å². The van der Waals surface area contributed by atoms with Crippen LogP contribution in [0.15, 0.2) is 0 Å². The van der Waals surface area contributed by atoms with Gasteiger partial charge in [-0.05, 0) is 6.92 Å². The number of nitrogens with one attached hydrogen (secondary N) is 1. The molecule has 3 nitrogen and oxygen atoms in total. The summed E-state index contributed by atoms with van der Waals surface area (Å²) < 4.78 is 4.68. The quantitative estimate of drug-likeness (QED) is 0.629. The first-order valence-corrected chi connectivity index (χ1v) is 3.79. The lowest BCUT2D eigenvalue weighted by atomic mass is 10.1. The van der Waals surface area contributed by atoms with Crippen LogP contribution in [-0.4, -0.2) is 23.6 Å². The number of hydrogen-bond acceptors (Lipinski definition) is 2. The van der Waals surface area contributed by atoms with Crippen molar-refractivity contribution in [3.63, 3.8) is 0 Å². The predicted molar refractivity (Wildman–Crippen MR) is 36.7 cm³/mol. The normalized spacial score (nSPS) is 33.8. The summed E-state index contributed by atoms with van der Waals surface area (Å²) in [5, 5.41) is 3.40. The molecule has 1 rings (SSSR count). The number of alkyl carbamates (subject to hydrolysis) is 1. The molecule has 1 aliphatic rings. The molecule has 0 saturated carbocycles. The number of rotatable bonds is 1. The number of alkyl halides is 1. The molecule has 0 aromatic rings. The van der Waals surface area contributed by atoms with Crippen molar-refractivity contribution in [2.45, 2.75) is 12.5 Å². The van der Waals surface area contributed by atoms with Gasteiger partial charge in [-0.25, -0.2) is 4.79 Å². The molecule has 0 radical (unpaired) electrons. The average Bonchev–Trinajstić information content (AvgIpc) is 2.13. The van der Waals surface area contributed by atoms with Crippen molar-refractivity contribution in [2.24, 2.45) is 0 Å². The van der Waals surface area contributed by atoms with Crippen LogP contribution in [-0.2, 0) is 4.74 Å². The van der Waals surface area contributed by atoms with Crippen LogP contribution in [0.2, 0.25) is 0 Å². The van der Waals surface area contributed by atoms with Crippen LogP contribution in [0, 0.1) is 0 Å². The molecule has 1 atom stereocenters. The molecule has 0 spiro atoms. The molecular weight excluding hydrogens is 186 g/mol. The van der Waals surface area contributed by atoms with Crippen LogP contribution in [0.3, 0.4) is 0 Å². The Hall–Kier alpha value is -0.250. The SMILES string of the molecule is C[C@@]1(CBr)COC(=O)N1. The van der Waals surface area contributed by atoms with Crippen molar-refractivity contribution in [1.29, 1.82) is 0 Å². The highest BCUT2D eigenvalue weighted by Gasteiger charge is 2.33. The second kappa shape index (κ2) is 2.17. The first-order valence-electron chi connectivity index (χ1n) is 2.67. The Morgan fingerprint density at radius 1 is 2.00 bits per heavy atom. The zero-order valence-electron chi connectivity index (χ0n) is 5.11. The minimum Gasteiger partial charge on any atom is -0.447 e. The summed E-state index contributed by atoms with van der Waals surface area (Å²) in [6, 6.07) is 0. The predicted octanol–water partition coefficient (Wildman–Crippen LogP) is 0.880. The molecule has 1 amide bonds.